The van der Waals surface area contributed by atoms with Gasteiger partial charge in [0.05, 0.1) is 5.69 Å². The van der Waals surface area contributed by atoms with Gasteiger partial charge in [-0.2, -0.15) is 5.10 Å². The topological polar surface area (TPSA) is 95.1 Å². The van der Waals surface area contributed by atoms with Gasteiger partial charge in [-0.3, -0.25) is 9.59 Å². The van der Waals surface area contributed by atoms with Crippen LogP contribution in [0.3, 0.4) is 0 Å². The molecule has 0 saturated carbocycles. The standard InChI is InChI=1S/C15H17N3O3/c1-2-3-13(19)15(21)16-11-6-4-10(5-7-11)12-8-9-14(20)18-17-12/h4-9,13,19H,2-3H2,1H3,(H,16,21)(H,18,20). The lowest BCUT2D eigenvalue weighted by Gasteiger charge is -2.10. The molecule has 6 nitrogen and oxygen atoms in total. The molecule has 0 aliphatic heterocycles. The van der Waals surface area contributed by atoms with Crippen LogP contribution in [0, 0.1) is 0 Å². The van der Waals surface area contributed by atoms with E-state index in [4.69, 9.17) is 0 Å². The summed E-state index contributed by atoms with van der Waals surface area (Å²) in [4.78, 5) is 22.6. The smallest absolute Gasteiger partial charge is 0.264 e. The molecule has 21 heavy (non-hydrogen) atoms. The number of rotatable bonds is 5. The summed E-state index contributed by atoms with van der Waals surface area (Å²) >= 11 is 0. The van der Waals surface area contributed by atoms with Crippen molar-refractivity contribution in [2.45, 2.75) is 25.9 Å². The zero-order chi connectivity index (χ0) is 15.2. The van der Waals surface area contributed by atoms with Crippen LogP contribution in [0.4, 0.5) is 5.69 Å². The molecule has 6 heteroatoms. The van der Waals surface area contributed by atoms with Crippen molar-refractivity contribution < 1.29 is 9.90 Å². The molecule has 0 aliphatic rings. The largest absolute Gasteiger partial charge is 0.383 e. The summed E-state index contributed by atoms with van der Waals surface area (Å²) in [6.07, 6.45) is 0.187. The molecule has 1 atom stereocenters. The number of aliphatic hydroxyl groups is 1. The summed E-state index contributed by atoms with van der Waals surface area (Å²) in [6, 6.07) is 10.0. The number of nitrogens with one attached hydrogen (secondary N) is 2. The maximum atomic E-state index is 11.7. The molecule has 0 fully saturated rings. The first-order valence-corrected chi connectivity index (χ1v) is 6.75. The molecule has 1 aromatic heterocycles. The molecular formula is C15H17N3O3. The summed E-state index contributed by atoms with van der Waals surface area (Å²) in [7, 11) is 0. The van der Waals surface area contributed by atoms with Crippen molar-refractivity contribution in [3.63, 3.8) is 0 Å². The van der Waals surface area contributed by atoms with Crippen molar-refractivity contribution in [1.82, 2.24) is 10.2 Å². The number of nitrogens with zero attached hydrogens (tertiary/aromatic N) is 1. The minimum atomic E-state index is -0.990. The minimum Gasteiger partial charge on any atom is -0.383 e. The van der Waals surface area contributed by atoms with Crippen LogP contribution in [0.15, 0.2) is 41.2 Å². The highest BCUT2D eigenvalue weighted by atomic mass is 16.3. The van der Waals surface area contributed by atoms with Crippen molar-refractivity contribution in [1.29, 1.82) is 0 Å². The van der Waals surface area contributed by atoms with Gasteiger partial charge < -0.3 is 10.4 Å². The summed E-state index contributed by atoms with van der Waals surface area (Å²) < 4.78 is 0. The number of aromatic amines is 1. The van der Waals surface area contributed by atoms with Crippen LogP contribution in [0.2, 0.25) is 0 Å². The van der Waals surface area contributed by atoms with E-state index in [1.807, 2.05) is 6.92 Å². The molecule has 1 unspecified atom stereocenters. The number of carbonyl (C=O) groups excluding carboxylic acids is 1. The quantitative estimate of drug-likeness (QED) is 0.777. The Hall–Kier alpha value is -2.47. The molecule has 0 aliphatic carbocycles. The van der Waals surface area contributed by atoms with Crippen LogP contribution in [0.5, 0.6) is 0 Å². The van der Waals surface area contributed by atoms with Gasteiger partial charge in [-0.15, -0.1) is 0 Å². The van der Waals surface area contributed by atoms with E-state index in [2.05, 4.69) is 15.5 Å². The minimum absolute atomic E-state index is 0.257. The monoisotopic (exact) mass is 287 g/mol. The Balaban J connectivity index is 2.07. The van der Waals surface area contributed by atoms with Crippen LogP contribution in [0.1, 0.15) is 19.8 Å². The lowest BCUT2D eigenvalue weighted by molar-refractivity contribution is -0.124. The normalized spacial score (nSPS) is 11.9. The number of aliphatic hydroxyl groups excluding tert-OH is 1. The van der Waals surface area contributed by atoms with E-state index in [0.717, 1.165) is 12.0 Å². The lowest BCUT2D eigenvalue weighted by atomic mass is 10.1. The van der Waals surface area contributed by atoms with E-state index < -0.39 is 12.0 Å². The number of H-pyrrole nitrogens is 1. The Morgan fingerprint density at radius 3 is 2.57 bits per heavy atom. The van der Waals surface area contributed by atoms with E-state index in [-0.39, 0.29) is 5.56 Å². The zero-order valence-corrected chi connectivity index (χ0v) is 11.7. The molecule has 2 aromatic rings. The number of anilines is 1. The highest BCUT2D eigenvalue weighted by Gasteiger charge is 2.13. The van der Waals surface area contributed by atoms with Gasteiger partial charge in [0.1, 0.15) is 6.10 Å². The summed E-state index contributed by atoms with van der Waals surface area (Å²) in [5, 5.41) is 18.5. The fraction of sp³-hybridized carbons (Fsp3) is 0.267. The van der Waals surface area contributed by atoms with Gasteiger partial charge in [-0.05, 0) is 24.6 Å². The molecule has 110 valence electrons. The molecular weight excluding hydrogens is 270 g/mol. The Morgan fingerprint density at radius 2 is 2.00 bits per heavy atom. The van der Waals surface area contributed by atoms with Gasteiger partial charge in [0, 0.05) is 17.3 Å². The van der Waals surface area contributed by atoms with Crippen LogP contribution in [-0.4, -0.2) is 27.3 Å². The van der Waals surface area contributed by atoms with Crippen molar-refractivity contribution in [3.8, 4) is 11.3 Å². The number of carbonyl (C=O) groups is 1. The first-order valence-electron chi connectivity index (χ1n) is 6.75. The Kier molecular flexibility index (Phi) is 4.84. The van der Waals surface area contributed by atoms with Crippen LogP contribution in [-0.2, 0) is 4.79 Å². The second kappa shape index (κ2) is 6.81. The Morgan fingerprint density at radius 1 is 1.29 bits per heavy atom. The molecule has 0 radical (unpaired) electrons. The van der Waals surface area contributed by atoms with E-state index in [9.17, 15) is 14.7 Å². The third kappa shape index (κ3) is 4.00. The van der Waals surface area contributed by atoms with Gasteiger partial charge >= 0.3 is 0 Å². The lowest BCUT2D eigenvalue weighted by Crippen LogP contribution is -2.27. The molecule has 1 amide bonds. The number of hydrogen-bond acceptors (Lipinski definition) is 4. The molecule has 0 saturated heterocycles. The second-order valence-corrected chi connectivity index (χ2v) is 4.68. The predicted octanol–water partition coefficient (Wildman–Crippen LogP) is 1.54. The van der Waals surface area contributed by atoms with E-state index >= 15 is 0 Å². The van der Waals surface area contributed by atoms with Crippen molar-refractivity contribution in [2.24, 2.45) is 0 Å². The molecule has 0 bridgehead atoms. The second-order valence-electron chi connectivity index (χ2n) is 4.68. The fourth-order valence-electron chi connectivity index (χ4n) is 1.86. The maximum absolute atomic E-state index is 11.7. The molecule has 2 rings (SSSR count). The Bertz CT molecular complexity index is 644. The van der Waals surface area contributed by atoms with Crippen molar-refractivity contribution in [3.05, 3.63) is 46.8 Å². The Labute approximate surface area is 121 Å². The fourth-order valence-corrected chi connectivity index (χ4v) is 1.86. The van der Waals surface area contributed by atoms with E-state index in [1.165, 1.54) is 6.07 Å². The van der Waals surface area contributed by atoms with Crippen molar-refractivity contribution in [2.75, 3.05) is 5.32 Å². The predicted molar refractivity (Wildman–Crippen MR) is 79.8 cm³/mol. The third-order valence-corrected chi connectivity index (χ3v) is 2.99. The zero-order valence-electron chi connectivity index (χ0n) is 11.7. The van der Waals surface area contributed by atoms with Crippen LogP contribution < -0.4 is 10.9 Å². The SMILES string of the molecule is CCCC(O)C(=O)Nc1ccc(-c2ccc(=O)[nH]n2)cc1. The van der Waals surface area contributed by atoms with Gasteiger partial charge in [-0.25, -0.2) is 5.10 Å². The van der Waals surface area contributed by atoms with E-state index in [1.54, 1.807) is 30.3 Å². The first-order chi connectivity index (χ1) is 10.1. The average molecular weight is 287 g/mol. The number of amides is 1. The van der Waals surface area contributed by atoms with Crippen molar-refractivity contribution >= 4 is 11.6 Å². The summed E-state index contributed by atoms with van der Waals surface area (Å²) in [6.45, 7) is 1.91. The van der Waals surface area contributed by atoms with Gasteiger partial charge in [0.25, 0.3) is 11.5 Å². The average Bonchev–Trinajstić information content (AvgIpc) is 2.49. The molecule has 0 spiro atoms. The van der Waals surface area contributed by atoms with Gasteiger partial charge in [0.15, 0.2) is 0 Å². The third-order valence-electron chi connectivity index (χ3n) is 2.99. The number of aromatic nitrogens is 2. The van der Waals surface area contributed by atoms with E-state index in [0.29, 0.717) is 17.8 Å². The molecule has 1 heterocycles. The first kappa shape index (κ1) is 14.9. The van der Waals surface area contributed by atoms with Crippen LogP contribution in [0.25, 0.3) is 11.3 Å². The maximum Gasteiger partial charge on any atom is 0.264 e. The highest BCUT2D eigenvalue weighted by Crippen LogP contribution is 2.18. The molecule has 3 N–H and O–H groups in total. The summed E-state index contributed by atoms with van der Waals surface area (Å²) in [5.41, 5.74) is 1.80. The van der Waals surface area contributed by atoms with Gasteiger partial charge in [-0.1, -0.05) is 25.5 Å². The van der Waals surface area contributed by atoms with Gasteiger partial charge in [0.2, 0.25) is 0 Å². The number of benzene rings is 1. The summed E-state index contributed by atoms with van der Waals surface area (Å²) in [5.74, 6) is -0.410. The number of hydrogen-bond donors (Lipinski definition) is 3. The highest BCUT2D eigenvalue weighted by molar-refractivity contribution is 5.94. The molecule has 1 aromatic carbocycles. The van der Waals surface area contributed by atoms with Crippen LogP contribution >= 0.6 is 0 Å².